The van der Waals surface area contributed by atoms with E-state index in [4.69, 9.17) is 4.43 Å². The van der Waals surface area contributed by atoms with Crippen molar-refractivity contribution in [1.82, 2.24) is 10.2 Å². The van der Waals surface area contributed by atoms with Gasteiger partial charge >= 0.3 is 5.97 Å². The number of carboxylic acid groups (broad SMARTS) is 1. The maximum absolute atomic E-state index is 14.2. The molecule has 3 atom stereocenters. The number of carbonyl (C=O) groups excluding carboxylic acids is 2. The van der Waals surface area contributed by atoms with Crippen molar-refractivity contribution in [1.29, 1.82) is 0 Å². The molecule has 0 aromatic heterocycles. The van der Waals surface area contributed by atoms with E-state index in [1.165, 1.54) is 4.90 Å². The van der Waals surface area contributed by atoms with Crippen LogP contribution in [0.5, 0.6) is 0 Å². The third-order valence-corrected chi connectivity index (χ3v) is 11.1. The summed E-state index contributed by atoms with van der Waals surface area (Å²) in [5.74, 6) is -2.41. The Bertz CT molecular complexity index is 709. The predicted octanol–water partition coefficient (Wildman–Crippen LogP) is 3.10. The summed E-state index contributed by atoms with van der Waals surface area (Å²) in [5.41, 5.74) is -2.62. The second-order valence-electron chi connectivity index (χ2n) is 11.3. The first-order valence-corrected chi connectivity index (χ1v) is 13.5. The van der Waals surface area contributed by atoms with Gasteiger partial charge in [0.25, 0.3) is 5.91 Å². The highest BCUT2D eigenvalue weighted by Crippen LogP contribution is 2.41. The molecule has 0 radical (unpaired) electrons. The van der Waals surface area contributed by atoms with E-state index >= 15 is 0 Å². The van der Waals surface area contributed by atoms with Crippen LogP contribution in [0.4, 0.5) is 4.39 Å². The minimum absolute atomic E-state index is 0.0508. The molecular formula is C21H37FN2O5Si. The van der Waals surface area contributed by atoms with Gasteiger partial charge in [0.2, 0.25) is 5.91 Å². The summed E-state index contributed by atoms with van der Waals surface area (Å²) in [6, 6.07) is -2.05. The standard InChI is InChI=1S/C21H37FN2O5Si/c1-19(2,3)15(23-18(28)21(22)9-10-21)16(25)24-12-13(11-14(24)17(26)27)29-30(7,8)20(4,5)6/h13-15H,9-12H2,1-8H3,(H,23,28)(H,26,27)/t13-,14+,15-/m1/s1. The second kappa shape index (κ2) is 7.89. The second-order valence-corrected chi connectivity index (χ2v) is 16.1. The number of nitrogens with one attached hydrogen (secondary N) is 1. The molecule has 0 aromatic rings. The van der Waals surface area contributed by atoms with Gasteiger partial charge in [0.1, 0.15) is 12.1 Å². The Morgan fingerprint density at radius 3 is 2.10 bits per heavy atom. The number of alkyl halides is 1. The van der Waals surface area contributed by atoms with Crippen LogP contribution in [0.25, 0.3) is 0 Å². The van der Waals surface area contributed by atoms with E-state index in [1.54, 1.807) is 20.8 Å². The van der Waals surface area contributed by atoms with E-state index in [0.717, 1.165) is 0 Å². The van der Waals surface area contributed by atoms with Crippen molar-refractivity contribution in [2.75, 3.05) is 6.54 Å². The Hall–Kier alpha value is -1.48. The van der Waals surface area contributed by atoms with Crippen LogP contribution < -0.4 is 5.32 Å². The van der Waals surface area contributed by atoms with E-state index in [2.05, 4.69) is 39.2 Å². The summed E-state index contributed by atoms with van der Waals surface area (Å²) in [5, 5.41) is 12.2. The molecule has 2 N–H and O–H groups in total. The third-order valence-electron chi connectivity index (χ3n) is 6.58. The largest absolute Gasteiger partial charge is 0.480 e. The SMILES string of the molecule is CC(C)(C)[C@H](NC(=O)C1(F)CC1)C(=O)N1C[C@H](O[Si](C)(C)C(C)(C)C)C[C@H]1C(=O)O. The van der Waals surface area contributed by atoms with Crippen LogP contribution in [0, 0.1) is 5.41 Å². The molecule has 2 rings (SSSR count). The molecule has 1 aliphatic carbocycles. The Balaban J connectivity index is 2.23. The lowest BCUT2D eigenvalue weighted by Crippen LogP contribution is -2.58. The zero-order valence-electron chi connectivity index (χ0n) is 19.5. The lowest BCUT2D eigenvalue weighted by molar-refractivity contribution is -0.151. The molecule has 0 unspecified atom stereocenters. The Kier molecular flexibility index (Phi) is 6.52. The molecule has 0 spiro atoms. The number of hydrogen-bond donors (Lipinski definition) is 2. The van der Waals surface area contributed by atoms with Gasteiger partial charge in [0.15, 0.2) is 14.0 Å². The van der Waals surface area contributed by atoms with Crippen LogP contribution in [-0.2, 0) is 18.8 Å². The molecule has 2 amide bonds. The van der Waals surface area contributed by atoms with Crippen LogP contribution in [0.3, 0.4) is 0 Å². The zero-order valence-corrected chi connectivity index (χ0v) is 20.5. The van der Waals surface area contributed by atoms with Crippen LogP contribution in [0.2, 0.25) is 18.1 Å². The summed E-state index contributed by atoms with van der Waals surface area (Å²) < 4.78 is 20.6. The van der Waals surface area contributed by atoms with Crippen LogP contribution in [0.1, 0.15) is 60.8 Å². The van der Waals surface area contributed by atoms with E-state index in [1.807, 2.05) is 0 Å². The average molecular weight is 445 g/mol. The van der Waals surface area contributed by atoms with Gasteiger partial charge in [-0.25, -0.2) is 9.18 Å². The van der Waals surface area contributed by atoms with Gasteiger partial charge < -0.3 is 19.7 Å². The normalized spacial score (nSPS) is 25.0. The number of amides is 2. The Morgan fingerprint density at radius 2 is 1.70 bits per heavy atom. The van der Waals surface area contributed by atoms with E-state index in [-0.39, 0.29) is 36.9 Å². The van der Waals surface area contributed by atoms with E-state index < -0.39 is 49.3 Å². The maximum atomic E-state index is 14.2. The fourth-order valence-corrected chi connectivity index (χ4v) is 4.72. The van der Waals surface area contributed by atoms with E-state index in [9.17, 15) is 23.9 Å². The van der Waals surface area contributed by atoms with Gasteiger partial charge in [-0.2, -0.15) is 0 Å². The van der Waals surface area contributed by atoms with Gasteiger partial charge in [-0.15, -0.1) is 0 Å². The molecule has 1 saturated heterocycles. The Morgan fingerprint density at radius 1 is 1.17 bits per heavy atom. The molecule has 1 heterocycles. The smallest absolute Gasteiger partial charge is 0.326 e. The number of hydrogen-bond acceptors (Lipinski definition) is 4. The summed E-state index contributed by atoms with van der Waals surface area (Å²) >= 11 is 0. The molecular weight excluding hydrogens is 407 g/mol. The molecule has 1 saturated carbocycles. The predicted molar refractivity (Wildman–Crippen MR) is 114 cm³/mol. The van der Waals surface area contributed by atoms with Crippen molar-refractivity contribution in [3.05, 3.63) is 0 Å². The van der Waals surface area contributed by atoms with Crippen molar-refractivity contribution in [2.24, 2.45) is 5.41 Å². The molecule has 7 nitrogen and oxygen atoms in total. The number of carboxylic acids is 1. The van der Waals surface area contributed by atoms with Gasteiger partial charge in [-0.1, -0.05) is 41.5 Å². The lowest BCUT2D eigenvalue weighted by Gasteiger charge is -2.38. The fraction of sp³-hybridized carbons (Fsp3) is 0.857. The van der Waals surface area contributed by atoms with Gasteiger partial charge in [0, 0.05) is 13.0 Å². The molecule has 30 heavy (non-hydrogen) atoms. The van der Waals surface area contributed by atoms with Gasteiger partial charge in [-0.3, -0.25) is 9.59 Å². The fourth-order valence-electron chi connectivity index (χ4n) is 3.37. The highest BCUT2D eigenvalue weighted by molar-refractivity contribution is 6.74. The molecule has 1 aliphatic heterocycles. The molecule has 0 bridgehead atoms. The summed E-state index contributed by atoms with van der Waals surface area (Å²) in [6.07, 6.45) is 0.107. The van der Waals surface area contributed by atoms with Crippen LogP contribution >= 0.6 is 0 Å². The van der Waals surface area contributed by atoms with Crippen molar-refractivity contribution < 1.29 is 28.3 Å². The first kappa shape index (κ1) is 24.8. The molecule has 9 heteroatoms. The minimum atomic E-state index is -2.16. The lowest BCUT2D eigenvalue weighted by atomic mass is 9.85. The number of rotatable bonds is 6. The number of carbonyl (C=O) groups is 3. The van der Waals surface area contributed by atoms with Crippen molar-refractivity contribution in [3.63, 3.8) is 0 Å². The maximum Gasteiger partial charge on any atom is 0.326 e. The first-order chi connectivity index (χ1) is 13.4. The third kappa shape index (κ3) is 5.22. The summed E-state index contributed by atoms with van der Waals surface area (Å²) in [6.45, 7) is 15.9. The van der Waals surface area contributed by atoms with E-state index in [0.29, 0.717) is 0 Å². The molecule has 0 aromatic carbocycles. The quantitative estimate of drug-likeness (QED) is 0.614. The van der Waals surface area contributed by atoms with Crippen LogP contribution in [0.15, 0.2) is 0 Å². The highest BCUT2D eigenvalue weighted by Gasteiger charge is 2.54. The number of likely N-dealkylation sites (tertiary alicyclic amines) is 1. The monoisotopic (exact) mass is 444 g/mol. The van der Waals surface area contributed by atoms with Gasteiger partial charge in [0.05, 0.1) is 6.10 Å². The van der Waals surface area contributed by atoms with Crippen molar-refractivity contribution in [2.45, 2.75) is 103 Å². The van der Waals surface area contributed by atoms with Crippen molar-refractivity contribution in [3.8, 4) is 0 Å². The van der Waals surface area contributed by atoms with Crippen molar-refractivity contribution >= 4 is 26.1 Å². The minimum Gasteiger partial charge on any atom is -0.480 e. The average Bonchev–Trinajstić information content (AvgIpc) is 3.17. The number of aliphatic carboxylic acids is 1. The molecule has 2 fully saturated rings. The summed E-state index contributed by atoms with van der Waals surface area (Å²) in [7, 11) is -2.16. The van der Waals surface area contributed by atoms with Gasteiger partial charge in [-0.05, 0) is 36.4 Å². The zero-order chi connectivity index (χ0) is 23.3. The highest BCUT2D eigenvalue weighted by atomic mass is 28.4. The molecule has 2 aliphatic rings. The van der Waals surface area contributed by atoms with Crippen LogP contribution in [-0.4, -0.2) is 66.5 Å². The topological polar surface area (TPSA) is 95.9 Å². The number of nitrogens with zero attached hydrogens (tertiary/aromatic N) is 1. The molecule has 172 valence electrons. The number of halogens is 1. The Labute approximate surface area is 179 Å². The first-order valence-electron chi connectivity index (χ1n) is 10.6. The summed E-state index contributed by atoms with van der Waals surface area (Å²) in [4.78, 5) is 38.9.